The van der Waals surface area contributed by atoms with E-state index in [2.05, 4.69) is 4.90 Å². The van der Waals surface area contributed by atoms with Crippen LogP contribution in [0, 0.1) is 0 Å². The van der Waals surface area contributed by atoms with Gasteiger partial charge in [0.15, 0.2) is 0 Å². The summed E-state index contributed by atoms with van der Waals surface area (Å²) >= 11 is 0. The Kier molecular flexibility index (Phi) is 4.33. The van der Waals surface area contributed by atoms with Gasteiger partial charge < -0.3 is 14.9 Å². The van der Waals surface area contributed by atoms with E-state index in [9.17, 15) is 9.59 Å². The zero-order valence-corrected chi connectivity index (χ0v) is 12.5. The first-order valence-corrected chi connectivity index (χ1v) is 8.16. The van der Waals surface area contributed by atoms with Crippen molar-refractivity contribution in [3.63, 3.8) is 0 Å². The maximum atomic E-state index is 12.7. The van der Waals surface area contributed by atoms with Crippen molar-refractivity contribution in [2.24, 2.45) is 0 Å². The maximum absolute atomic E-state index is 12.7. The first-order valence-electron chi connectivity index (χ1n) is 8.16. The monoisotopic (exact) mass is 295 g/mol. The Morgan fingerprint density at radius 2 is 1.62 bits per heavy atom. The largest absolute Gasteiger partial charge is 0.480 e. The SMILES string of the molecule is O=C(O)CN(C(=O)N1CCN(C2CC2)CC1)C1CCCC1. The Balaban J connectivity index is 1.58. The number of hydrogen-bond acceptors (Lipinski definition) is 3. The second-order valence-electron chi connectivity index (χ2n) is 6.50. The fourth-order valence-corrected chi connectivity index (χ4v) is 3.61. The van der Waals surface area contributed by atoms with Crippen molar-refractivity contribution >= 4 is 12.0 Å². The number of carboxylic acid groups (broad SMARTS) is 1. The number of amides is 2. The number of hydrogen-bond donors (Lipinski definition) is 1. The van der Waals surface area contributed by atoms with Crippen LogP contribution in [0.2, 0.25) is 0 Å². The summed E-state index contributed by atoms with van der Waals surface area (Å²) in [6.07, 6.45) is 6.68. The number of aliphatic carboxylic acids is 1. The molecule has 3 rings (SSSR count). The molecule has 3 aliphatic rings. The molecule has 2 saturated carbocycles. The van der Waals surface area contributed by atoms with Gasteiger partial charge in [0.1, 0.15) is 6.54 Å². The third-order valence-corrected chi connectivity index (χ3v) is 4.96. The molecule has 1 saturated heterocycles. The molecular weight excluding hydrogens is 270 g/mol. The van der Waals surface area contributed by atoms with Gasteiger partial charge in [0.05, 0.1) is 0 Å². The van der Waals surface area contributed by atoms with Crippen molar-refractivity contribution < 1.29 is 14.7 Å². The molecule has 0 radical (unpaired) electrons. The highest BCUT2D eigenvalue weighted by molar-refractivity contribution is 5.80. The van der Waals surface area contributed by atoms with Gasteiger partial charge in [0.25, 0.3) is 0 Å². The summed E-state index contributed by atoms with van der Waals surface area (Å²) in [4.78, 5) is 29.7. The number of carboxylic acids is 1. The molecule has 2 aliphatic carbocycles. The van der Waals surface area contributed by atoms with E-state index in [0.717, 1.165) is 57.9 Å². The van der Waals surface area contributed by atoms with Crippen LogP contribution in [0.5, 0.6) is 0 Å². The minimum absolute atomic E-state index is 0.0697. The predicted octanol–water partition coefficient (Wildman–Crippen LogP) is 1.22. The quantitative estimate of drug-likeness (QED) is 0.847. The fraction of sp³-hybridized carbons (Fsp3) is 0.867. The van der Waals surface area contributed by atoms with Crippen LogP contribution in [0.25, 0.3) is 0 Å². The minimum Gasteiger partial charge on any atom is -0.480 e. The lowest BCUT2D eigenvalue weighted by molar-refractivity contribution is -0.138. The molecule has 0 aromatic carbocycles. The highest BCUT2D eigenvalue weighted by Gasteiger charge is 2.35. The third-order valence-electron chi connectivity index (χ3n) is 4.96. The van der Waals surface area contributed by atoms with Crippen molar-refractivity contribution in [2.45, 2.75) is 50.6 Å². The highest BCUT2D eigenvalue weighted by atomic mass is 16.4. The molecule has 21 heavy (non-hydrogen) atoms. The summed E-state index contributed by atoms with van der Waals surface area (Å²) in [5, 5.41) is 9.09. The molecule has 1 aliphatic heterocycles. The number of rotatable bonds is 4. The molecule has 0 aromatic rings. The van der Waals surface area contributed by atoms with Crippen molar-refractivity contribution in [3.05, 3.63) is 0 Å². The number of urea groups is 1. The van der Waals surface area contributed by atoms with Crippen molar-refractivity contribution in [2.75, 3.05) is 32.7 Å². The average Bonchev–Trinajstić information content (AvgIpc) is 3.19. The van der Waals surface area contributed by atoms with Gasteiger partial charge in [-0.25, -0.2) is 4.79 Å². The van der Waals surface area contributed by atoms with Gasteiger partial charge in [-0.15, -0.1) is 0 Å². The van der Waals surface area contributed by atoms with E-state index in [1.54, 1.807) is 4.90 Å². The summed E-state index contributed by atoms with van der Waals surface area (Å²) in [5.74, 6) is -0.910. The average molecular weight is 295 g/mol. The number of nitrogens with zero attached hydrogens (tertiary/aromatic N) is 3. The van der Waals surface area contributed by atoms with E-state index in [1.807, 2.05) is 4.90 Å². The standard InChI is InChI=1S/C15H25N3O3/c19-14(20)11-18(13-3-1-2-4-13)15(21)17-9-7-16(8-10-17)12-5-6-12/h12-13H,1-11H2,(H,19,20). The van der Waals surface area contributed by atoms with Gasteiger partial charge in [0.2, 0.25) is 0 Å². The van der Waals surface area contributed by atoms with E-state index >= 15 is 0 Å². The van der Waals surface area contributed by atoms with E-state index < -0.39 is 5.97 Å². The second kappa shape index (κ2) is 6.22. The highest BCUT2D eigenvalue weighted by Crippen LogP contribution is 2.28. The zero-order chi connectivity index (χ0) is 14.8. The van der Waals surface area contributed by atoms with Crippen molar-refractivity contribution in [3.8, 4) is 0 Å². The topological polar surface area (TPSA) is 64.1 Å². The molecule has 2 amide bonds. The molecule has 0 aromatic heterocycles. The molecule has 118 valence electrons. The smallest absolute Gasteiger partial charge is 0.323 e. The fourth-order valence-electron chi connectivity index (χ4n) is 3.61. The predicted molar refractivity (Wildman–Crippen MR) is 78.2 cm³/mol. The van der Waals surface area contributed by atoms with Gasteiger partial charge in [-0.1, -0.05) is 12.8 Å². The molecule has 0 bridgehead atoms. The first-order chi connectivity index (χ1) is 10.1. The Morgan fingerprint density at radius 1 is 1.00 bits per heavy atom. The van der Waals surface area contributed by atoms with Crippen LogP contribution in [0.3, 0.4) is 0 Å². The van der Waals surface area contributed by atoms with Crippen LogP contribution in [-0.4, -0.2) is 76.6 Å². The Morgan fingerprint density at radius 3 is 2.14 bits per heavy atom. The molecule has 0 spiro atoms. The minimum atomic E-state index is -0.910. The maximum Gasteiger partial charge on any atom is 0.323 e. The van der Waals surface area contributed by atoms with E-state index in [0.29, 0.717) is 0 Å². The molecular formula is C15H25N3O3. The van der Waals surface area contributed by atoms with Crippen LogP contribution < -0.4 is 0 Å². The van der Waals surface area contributed by atoms with E-state index in [4.69, 9.17) is 5.11 Å². The summed E-state index contributed by atoms with van der Waals surface area (Å²) < 4.78 is 0. The van der Waals surface area contributed by atoms with Gasteiger partial charge in [-0.2, -0.15) is 0 Å². The lowest BCUT2D eigenvalue weighted by Crippen LogP contribution is -2.55. The number of carbonyl (C=O) groups excluding carboxylic acids is 1. The summed E-state index contributed by atoms with van der Waals surface area (Å²) in [7, 11) is 0. The zero-order valence-electron chi connectivity index (χ0n) is 12.5. The Hall–Kier alpha value is -1.30. The van der Waals surface area contributed by atoms with Crippen molar-refractivity contribution in [1.82, 2.24) is 14.7 Å². The summed E-state index contributed by atoms with van der Waals surface area (Å²) in [6.45, 7) is 3.17. The molecule has 6 nitrogen and oxygen atoms in total. The number of carbonyl (C=O) groups is 2. The third kappa shape index (κ3) is 3.48. The van der Waals surface area contributed by atoms with Gasteiger partial charge in [0, 0.05) is 38.3 Å². The first kappa shape index (κ1) is 14.6. The lowest BCUT2D eigenvalue weighted by atomic mass is 10.2. The van der Waals surface area contributed by atoms with Gasteiger partial charge >= 0.3 is 12.0 Å². The van der Waals surface area contributed by atoms with Crippen LogP contribution in [-0.2, 0) is 4.79 Å². The van der Waals surface area contributed by atoms with E-state index in [-0.39, 0.29) is 18.6 Å². The Bertz CT molecular complexity index is 397. The molecule has 1 N–H and O–H groups in total. The van der Waals surface area contributed by atoms with Crippen LogP contribution in [0.4, 0.5) is 4.79 Å². The summed E-state index contributed by atoms with van der Waals surface area (Å²) in [6, 6.07) is 0.794. The number of piperazine rings is 1. The molecule has 3 fully saturated rings. The molecule has 0 unspecified atom stereocenters. The van der Waals surface area contributed by atoms with Crippen LogP contribution in [0.1, 0.15) is 38.5 Å². The van der Waals surface area contributed by atoms with Gasteiger partial charge in [-0.05, 0) is 25.7 Å². The second-order valence-corrected chi connectivity index (χ2v) is 6.50. The molecule has 6 heteroatoms. The summed E-state index contributed by atoms with van der Waals surface area (Å²) in [5.41, 5.74) is 0. The van der Waals surface area contributed by atoms with Crippen LogP contribution >= 0.6 is 0 Å². The normalized spacial score (nSPS) is 24.3. The molecule has 0 atom stereocenters. The van der Waals surface area contributed by atoms with Gasteiger partial charge in [-0.3, -0.25) is 9.69 Å². The van der Waals surface area contributed by atoms with E-state index in [1.165, 1.54) is 12.8 Å². The van der Waals surface area contributed by atoms with Crippen molar-refractivity contribution in [1.29, 1.82) is 0 Å². The lowest BCUT2D eigenvalue weighted by Gasteiger charge is -2.39. The molecule has 1 heterocycles. The Labute approximate surface area is 125 Å². The van der Waals surface area contributed by atoms with Crippen LogP contribution in [0.15, 0.2) is 0 Å².